The Hall–Kier alpha value is -1.59. The molecule has 0 saturated carbocycles. The third-order valence-electron chi connectivity index (χ3n) is 11.1. The van der Waals surface area contributed by atoms with Crippen LogP contribution in [0.1, 0.15) is 231 Å². The lowest BCUT2D eigenvalue weighted by molar-refractivity contribution is -0.145. The molecular weight excluding hydrogens is 655 g/mol. The molecule has 0 saturated heterocycles. The summed E-state index contributed by atoms with van der Waals surface area (Å²) in [7, 11) is 0. The van der Waals surface area contributed by atoms with E-state index in [0.717, 1.165) is 50.3 Å². The minimum atomic E-state index is -0.162. The molecule has 0 heterocycles. The number of carbonyl (C=O) groups excluding carboxylic acids is 1. The maximum absolute atomic E-state index is 12.6. The van der Waals surface area contributed by atoms with Crippen LogP contribution in [0.2, 0.25) is 0 Å². The Bertz CT molecular complexity index is 921. The fourth-order valence-corrected chi connectivity index (χ4v) is 7.43. The summed E-state index contributed by atoms with van der Waals surface area (Å²) in [5, 5.41) is 9.22. The molecule has 310 valence electrons. The number of rotatable bonds is 41. The molecule has 0 spiro atoms. The topological polar surface area (TPSA) is 59.0 Å². The van der Waals surface area contributed by atoms with Gasteiger partial charge in [-0.05, 0) is 50.4 Å². The standard InChI is InChI=1S/C48H89NO4/c1-4-7-9-11-13-15-17-19-20-21-23-25-27-29-31-33-42-52-47-43-45(35-32-30-28-26-24-22-18-16-14-12-10-8-5-2)37-38-46(47)44-53-48(51)36-34-39-49(6-3)40-41-50/h37-38,43,50H,4-36,39-42,44H2,1-3H3. The van der Waals surface area contributed by atoms with Gasteiger partial charge in [0.1, 0.15) is 12.4 Å². The summed E-state index contributed by atoms with van der Waals surface area (Å²) in [5.41, 5.74) is 2.30. The molecule has 0 unspecified atom stereocenters. The van der Waals surface area contributed by atoms with Crippen LogP contribution in [0, 0.1) is 0 Å². The quantitative estimate of drug-likeness (QED) is 0.0534. The Labute approximate surface area is 330 Å². The molecule has 0 aliphatic heterocycles. The molecule has 0 bridgehead atoms. The molecule has 1 aromatic carbocycles. The number of likely N-dealkylation sites (N-methyl/N-ethyl adjacent to an activating group) is 1. The summed E-state index contributed by atoms with van der Waals surface area (Å²) in [6.45, 7) is 10.1. The van der Waals surface area contributed by atoms with E-state index >= 15 is 0 Å². The lowest BCUT2D eigenvalue weighted by Crippen LogP contribution is -2.28. The fraction of sp³-hybridized carbons (Fsp3) is 0.854. The highest BCUT2D eigenvalue weighted by Gasteiger charge is 2.11. The number of carbonyl (C=O) groups is 1. The average molecular weight is 744 g/mol. The van der Waals surface area contributed by atoms with Crippen molar-refractivity contribution in [3.63, 3.8) is 0 Å². The molecule has 1 N–H and O–H groups in total. The third kappa shape index (κ3) is 31.3. The van der Waals surface area contributed by atoms with Crippen LogP contribution in [0.25, 0.3) is 0 Å². The van der Waals surface area contributed by atoms with Gasteiger partial charge in [0.05, 0.1) is 13.2 Å². The highest BCUT2D eigenvalue weighted by atomic mass is 16.5. The third-order valence-corrected chi connectivity index (χ3v) is 11.1. The van der Waals surface area contributed by atoms with E-state index in [-0.39, 0.29) is 19.2 Å². The first-order chi connectivity index (χ1) is 26.1. The number of nitrogens with zero attached hydrogens (tertiary/aromatic N) is 1. The minimum absolute atomic E-state index is 0.149. The molecule has 1 rings (SSSR count). The van der Waals surface area contributed by atoms with E-state index in [1.54, 1.807) is 0 Å². The van der Waals surface area contributed by atoms with Gasteiger partial charge in [-0.2, -0.15) is 0 Å². The number of unbranched alkanes of at least 4 members (excludes halogenated alkanes) is 27. The number of aliphatic hydroxyl groups is 1. The SMILES string of the molecule is CCCCCCCCCCCCCCCCCCOc1cc(CCCCCCCCCCCCCCC)ccc1COC(=O)CCCN(CC)CCO. The van der Waals surface area contributed by atoms with Gasteiger partial charge in [-0.15, -0.1) is 0 Å². The second kappa shape index (κ2) is 38.7. The molecule has 0 radical (unpaired) electrons. The maximum Gasteiger partial charge on any atom is 0.306 e. The normalized spacial score (nSPS) is 11.5. The Kier molecular flexibility index (Phi) is 36.1. The average Bonchev–Trinajstić information content (AvgIpc) is 3.17. The second-order valence-corrected chi connectivity index (χ2v) is 16.0. The van der Waals surface area contributed by atoms with E-state index in [0.29, 0.717) is 13.0 Å². The van der Waals surface area contributed by atoms with E-state index in [1.165, 1.54) is 185 Å². The molecular formula is C48H89NO4. The molecule has 0 aliphatic rings. The number of aliphatic hydroxyl groups excluding tert-OH is 1. The van der Waals surface area contributed by atoms with Gasteiger partial charge in [0.15, 0.2) is 0 Å². The molecule has 0 atom stereocenters. The number of hydrogen-bond donors (Lipinski definition) is 1. The van der Waals surface area contributed by atoms with Crippen molar-refractivity contribution in [2.24, 2.45) is 0 Å². The maximum atomic E-state index is 12.6. The van der Waals surface area contributed by atoms with Crippen molar-refractivity contribution >= 4 is 5.97 Å². The fourth-order valence-electron chi connectivity index (χ4n) is 7.43. The number of aryl methyl sites for hydroxylation is 1. The summed E-state index contributed by atoms with van der Waals surface area (Å²) < 4.78 is 12.1. The van der Waals surface area contributed by atoms with Crippen LogP contribution in [0.3, 0.4) is 0 Å². The van der Waals surface area contributed by atoms with Crippen molar-refractivity contribution in [3.8, 4) is 5.75 Å². The van der Waals surface area contributed by atoms with E-state index in [4.69, 9.17) is 9.47 Å². The van der Waals surface area contributed by atoms with E-state index in [2.05, 4.69) is 43.9 Å². The van der Waals surface area contributed by atoms with Crippen molar-refractivity contribution in [2.75, 3.05) is 32.8 Å². The smallest absolute Gasteiger partial charge is 0.306 e. The predicted molar refractivity (Wildman–Crippen MR) is 229 cm³/mol. The summed E-state index contributed by atoms with van der Waals surface area (Å²) in [4.78, 5) is 14.7. The van der Waals surface area contributed by atoms with Gasteiger partial charge < -0.3 is 19.5 Å². The Morgan fingerprint density at radius 1 is 0.566 bits per heavy atom. The van der Waals surface area contributed by atoms with Crippen LogP contribution in [0.15, 0.2) is 18.2 Å². The van der Waals surface area contributed by atoms with Crippen LogP contribution in [-0.2, 0) is 22.6 Å². The molecule has 0 aliphatic carbocycles. The molecule has 1 aromatic rings. The van der Waals surface area contributed by atoms with Gasteiger partial charge in [0.25, 0.3) is 0 Å². The zero-order valence-corrected chi connectivity index (χ0v) is 35.7. The van der Waals surface area contributed by atoms with E-state index < -0.39 is 0 Å². The second-order valence-electron chi connectivity index (χ2n) is 16.0. The van der Waals surface area contributed by atoms with Gasteiger partial charge in [0.2, 0.25) is 0 Å². The molecule has 0 aromatic heterocycles. The number of esters is 1. The molecule has 53 heavy (non-hydrogen) atoms. The van der Waals surface area contributed by atoms with Crippen molar-refractivity contribution in [1.29, 1.82) is 0 Å². The molecule has 0 amide bonds. The Balaban J connectivity index is 2.36. The Morgan fingerprint density at radius 3 is 1.47 bits per heavy atom. The van der Waals surface area contributed by atoms with Crippen LogP contribution in [0.5, 0.6) is 5.75 Å². The van der Waals surface area contributed by atoms with Gasteiger partial charge in [-0.3, -0.25) is 4.79 Å². The summed E-state index contributed by atoms with van der Waals surface area (Å²) >= 11 is 0. The predicted octanol–water partition coefficient (Wildman–Crippen LogP) is 14.1. The van der Waals surface area contributed by atoms with Crippen molar-refractivity contribution in [2.45, 2.75) is 233 Å². The first kappa shape index (κ1) is 49.4. The lowest BCUT2D eigenvalue weighted by atomic mass is 10.0. The van der Waals surface area contributed by atoms with E-state index in [1.807, 2.05) is 0 Å². The van der Waals surface area contributed by atoms with Gasteiger partial charge >= 0.3 is 5.97 Å². The molecule has 5 heteroatoms. The summed E-state index contributed by atoms with van der Waals surface area (Å²) in [5.74, 6) is 0.732. The lowest BCUT2D eigenvalue weighted by Gasteiger charge is -2.18. The molecule has 5 nitrogen and oxygen atoms in total. The van der Waals surface area contributed by atoms with Crippen LogP contribution in [0.4, 0.5) is 0 Å². The van der Waals surface area contributed by atoms with Crippen LogP contribution in [-0.4, -0.2) is 48.8 Å². The van der Waals surface area contributed by atoms with Crippen molar-refractivity contribution in [3.05, 3.63) is 29.3 Å². The number of hydrogen-bond acceptors (Lipinski definition) is 5. The molecule has 0 fully saturated rings. The van der Waals surface area contributed by atoms with E-state index in [9.17, 15) is 9.90 Å². The summed E-state index contributed by atoms with van der Waals surface area (Å²) in [6.07, 6.45) is 41.9. The monoisotopic (exact) mass is 744 g/mol. The number of ether oxygens (including phenoxy) is 2. The van der Waals surface area contributed by atoms with Crippen molar-refractivity contribution < 1.29 is 19.4 Å². The highest BCUT2D eigenvalue weighted by Crippen LogP contribution is 2.24. The Morgan fingerprint density at radius 2 is 1.02 bits per heavy atom. The number of benzene rings is 1. The van der Waals surface area contributed by atoms with Gasteiger partial charge in [0, 0.05) is 18.5 Å². The van der Waals surface area contributed by atoms with Crippen molar-refractivity contribution in [1.82, 2.24) is 4.90 Å². The minimum Gasteiger partial charge on any atom is -0.493 e. The first-order valence-electron chi connectivity index (χ1n) is 23.4. The zero-order chi connectivity index (χ0) is 38.3. The van der Waals surface area contributed by atoms with Gasteiger partial charge in [-0.25, -0.2) is 0 Å². The van der Waals surface area contributed by atoms with Gasteiger partial charge in [-0.1, -0.05) is 206 Å². The van der Waals surface area contributed by atoms with Crippen LogP contribution >= 0.6 is 0 Å². The first-order valence-corrected chi connectivity index (χ1v) is 23.4. The summed E-state index contributed by atoms with van der Waals surface area (Å²) in [6, 6.07) is 6.54. The zero-order valence-electron chi connectivity index (χ0n) is 35.7. The van der Waals surface area contributed by atoms with Crippen LogP contribution < -0.4 is 4.74 Å². The highest BCUT2D eigenvalue weighted by molar-refractivity contribution is 5.69. The largest absolute Gasteiger partial charge is 0.493 e.